The Labute approximate surface area is 216 Å². The van der Waals surface area contributed by atoms with Crippen molar-refractivity contribution in [1.29, 1.82) is 0 Å². The fourth-order valence-electron chi connectivity index (χ4n) is 4.54. The average Bonchev–Trinajstić information content (AvgIpc) is 3.24. The van der Waals surface area contributed by atoms with E-state index in [0.29, 0.717) is 27.7 Å². The van der Waals surface area contributed by atoms with E-state index in [9.17, 15) is 9.59 Å². The first-order valence-electron chi connectivity index (χ1n) is 12.2. The molecular weight excluding hydrogens is 460 g/mol. The topological polar surface area (TPSA) is 61.2 Å². The maximum Gasteiger partial charge on any atom is 0.339 e. The van der Waals surface area contributed by atoms with Crippen LogP contribution >= 0.6 is 0 Å². The summed E-state index contributed by atoms with van der Waals surface area (Å²) in [6.45, 7) is 7.76. The molecule has 0 saturated heterocycles. The van der Waals surface area contributed by atoms with Crippen molar-refractivity contribution in [2.75, 3.05) is 6.61 Å². The Kier molecular flexibility index (Phi) is 6.45. The van der Waals surface area contributed by atoms with Crippen LogP contribution in [0, 0.1) is 27.7 Å². The first-order valence-corrected chi connectivity index (χ1v) is 12.2. The lowest BCUT2D eigenvalue weighted by molar-refractivity contribution is 0.0476. The van der Waals surface area contributed by atoms with Crippen LogP contribution in [-0.2, 0) is 4.74 Å². The van der Waals surface area contributed by atoms with Gasteiger partial charge in [0, 0.05) is 33.6 Å². The molecule has 0 aliphatic rings. The molecule has 0 bridgehead atoms. The van der Waals surface area contributed by atoms with Crippen LogP contribution in [0.5, 0.6) is 0 Å². The maximum absolute atomic E-state index is 13.2. The summed E-state index contributed by atoms with van der Waals surface area (Å²) in [5.41, 5.74) is 8.61. The zero-order valence-corrected chi connectivity index (χ0v) is 21.4. The highest BCUT2D eigenvalue weighted by Gasteiger charge is 2.18. The zero-order chi connectivity index (χ0) is 26.1. The molecule has 37 heavy (non-hydrogen) atoms. The molecule has 5 nitrogen and oxygen atoms in total. The minimum atomic E-state index is -0.546. The number of fused-ring (bicyclic) bond motifs is 1. The molecule has 2 heterocycles. The van der Waals surface area contributed by atoms with Crippen LogP contribution in [0.25, 0.3) is 27.8 Å². The molecule has 0 aliphatic heterocycles. The summed E-state index contributed by atoms with van der Waals surface area (Å²) in [6.07, 6.45) is 0. The van der Waals surface area contributed by atoms with E-state index in [2.05, 4.69) is 42.7 Å². The molecule has 3 aromatic carbocycles. The largest absolute Gasteiger partial charge is 0.454 e. The first-order chi connectivity index (χ1) is 17.8. The van der Waals surface area contributed by atoms with Gasteiger partial charge in [-0.1, -0.05) is 53.6 Å². The summed E-state index contributed by atoms with van der Waals surface area (Å²) in [5, 5.41) is 0.701. The molecule has 0 aliphatic carbocycles. The number of rotatable bonds is 6. The zero-order valence-electron chi connectivity index (χ0n) is 21.4. The third-order valence-corrected chi connectivity index (χ3v) is 6.58. The molecule has 0 spiro atoms. The second kappa shape index (κ2) is 9.86. The van der Waals surface area contributed by atoms with Gasteiger partial charge < -0.3 is 9.30 Å². The molecule has 5 rings (SSSR count). The van der Waals surface area contributed by atoms with E-state index in [1.807, 2.05) is 56.3 Å². The van der Waals surface area contributed by atoms with E-state index in [-0.39, 0.29) is 12.4 Å². The van der Waals surface area contributed by atoms with Crippen LogP contribution in [0.4, 0.5) is 0 Å². The fraction of sp³-hybridized carbons (Fsp3) is 0.156. The van der Waals surface area contributed by atoms with E-state index in [1.165, 1.54) is 0 Å². The lowest BCUT2D eigenvalue weighted by Gasteiger charge is -2.12. The minimum Gasteiger partial charge on any atom is -0.454 e. The van der Waals surface area contributed by atoms with Gasteiger partial charge in [0.15, 0.2) is 12.4 Å². The number of aryl methyl sites for hydroxylation is 4. The smallest absolute Gasteiger partial charge is 0.339 e. The quantitative estimate of drug-likeness (QED) is 0.191. The first kappa shape index (κ1) is 24.2. The van der Waals surface area contributed by atoms with Crippen molar-refractivity contribution in [2.45, 2.75) is 27.7 Å². The van der Waals surface area contributed by atoms with Gasteiger partial charge in [0.05, 0.1) is 16.8 Å². The summed E-state index contributed by atoms with van der Waals surface area (Å²) < 4.78 is 7.68. The van der Waals surface area contributed by atoms with Crippen molar-refractivity contribution in [1.82, 2.24) is 9.55 Å². The van der Waals surface area contributed by atoms with Crippen LogP contribution in [0.3, 0.4) is 0 Å². The Morgan fingerprint density at radius 1 is 0.757 bits per heavy atom. The molecule has 5 heteroatoms. The van der Waals surface area contributed by atoms with Gasteiger partial charge in [-0.25, -0.2) is 9.78 Å². The van der Waals surface area contributed by atoms with Gasteiger partial charge in [-0.15, -0.1) is 0 Å². The van der Waals surface area contributed by atoms with Crippen molar-refractivity contribution < 1.29 is 14.3 Å². The lowest BCUT2D eigenvalue weighted by Crippen LogP contribution is -2.15. The van der Waals surface area contributed by atoms with Crippen LogP contribution in [0.2, 0.25) is 0 Å². The normalized spacial score (nSPS) is 11.0. The summed E-state index contributed by atoms with van der Waals surface area (Å²) in [6, 6.07) is 27.1. The number of hydrogen-bond acceptors (Lipinski definition) is 4. The van der Waals surface area contributed by atoms with Gasteiger partial charge in [0.2, 0.25) is 0 Å². The number of carbonyl (C=O) groups excluding carboxylic acids is 2. The molecule has 0 radical (unpaired) electrons. The van der Waals surface area contributed by atoms with Crippen molar-refractivity contribution in [3.05, 3.63) is 119 Å². The maximum atomic E-state index is 13.2. The van der Waals surface area contributed by atoms with E-state index >= 15 is 0 Å². The van der Waals surface area contributed by atoms with Gasteiger partial charge in [-0.3, -0.25) is 4.79 Å². The van der Waals surface area contributed by atoms with Crippen LogP contribution in [0.1, 0.15) is 43.2 Å². The van der Waals surface area contributed by atoms with Gasteiger partial charge in [0.1, 0.15) is 0 Å². The third-order valence-electron chi connectivity index (χ3n) is 6.58. The number of pyridine rings is 1. The number of benzene rings is 3. The molecule has 2 aromatic heterocycles. The van der Waals surface area contributed by atoms with Gasteiger partial charge in [0.25, 0.3) is 0 Å². The van der Waals surface area contributed by atoms with Gasteiger partial charge >= 0.3 is 5.97 Å². The molecule has 184 valence electrons. The number of ether oxygens (including phenoxy) is 1. The van der Waals surface area contributed by atoms with Crippen molar-refractivity contribution in [3.63, 3.8) is 0 Å². The molecule has 0 saturated carbocycles. The standard InChI is InChI=1S/C32H28N2O3/c1-20-5-10-25(11-6-20)31(35)19-37-32(36)28-18-30(33-29-16-7-21(2)17-27(28)29)24-12-14-26(15-13-24)34-22(3)8-9-23(34)4/h5-18H,19H2,1-4H3. The number of esters is 1. The predicted octanol–water partition coefficient (Wildman–Crippen LogP) is 6.97. The molecule has 0 amide bonds. The Hall–Kier alpha value is -4.51. The second-order valence-electron chi connectivity index (χ2n) is 9.44. The molecule has 0 unspecified atom stereocenters. The highest BCUT2D eigenvalue weighted by Crippen LogP contribution is 2.28. The molecule has 0 fully saturated rings. The predicted molar refractivity (Wildman–Crippen MR) is 147 cm³/mol. The Bertz CT molecular complexity index is 1610. The van der Waals surface area contributed by atoms with E-state index in [0.717, 1.165) is 33.8 Å². The van der Waals surface area contributed by atoms with Crippen LogP contribution < -0.4 is 0 Å². The van der Waals surface area contributed by atoms with E-state index in [1.54, 1.807) is 18.2 Å². The third kappa shape index (κ3) is 4.94. The van der Waals surface area contributed by atoms with E-state index < -0.39 is 5.97 Å². The molecule has 0 N–H and O–H groups in total. The lowest BCUT2D eigenvalue weighted by atomic mass is 10.0. The summed E-state index contributed by atoms with van der Waals surface area (Å²) >= 11 is 0. The molecule has 0 atom stereocenters. The average molecular weight is 489 g/mol. The Morgan fingerprint density at radius 2 is 1.41 bits per heavy atom. The number of ketones is 1. The highest BCUT2D eigenvalue weighted by molar-refractivity contribution is 6.06. The summed E-state index contributed by atoms with van der Waals surface area (Å²) in [7, 11) is 0. The highest BCUT2D eigenvalue weighted by atomic mass is 16.5. The van der Waals surface area contributed by atoms with Gasteiger partial charge in [-0.2, -0.15) is 0 Å². The van der Waals surface area contributed by atoms with Crippen molar-refractivity contribution >= 4 is 22.7 Å². The number of carbonyl (C=O) groups is 2. The fourth-order valence-corrected chi connectivity index (χ4v) is 4.54. The number of Topliss-reactive ketones (excluding diaryl/α,β-unsaturated/α-hetero) is 1. The monoisotopic (exact) mass is 488 g/mol. The van der Waals surface area contributed by atoms with Gasteiger partial charge in [-0.05, 0) is 70.2 Å². The number of nitrogens with zero attached hydrogens (tertiary/aromatic N) is 2. The summed E-state index contributed by atoms with van der Waals surface area (Å²) in [4.78, 5) is 30.6. The summed E-state index contributed by atoms with van der Waals surface area (Å²) in [5.74, 6) is -0.788. The molecular formula is C32H28N2O3. The van der Waals surface area contributed by atoms with Crippen molar-refractivity contribution in [3.8, 4) is 16.9 Å². The number of hydrogen-bond donors (Lipinski definition) is 0. The second-order valence-corrected chi connectivity index (χ2v) is 9.44. The van der Waals surface area contributed by atoms with Crippen LogP contribution in [-0.4, -0.2) is 27.9 Å². The van der Waals surface area contributed by atoms with Crippen molar-refractivity contribution in [2.24, 2.45) is 0 Å². The Morgan fingerprint density at radius 3 is 2.08 bits per heavy atom. The number of aromatic nitrogens is 2. The van der Waals surface area contributed by atoms with E-state index in [4.69, 9.17) is 9.72 Å². The molecule has 5 aromatic rings. The Balaban J connectivity index is 1.46. The van der Waals surface area contributed by atoms with Crippen LogP contribution in [0.15, 0.2) is 84.9 Å². The SMILES string of the molecule is Cc1ccc(C(=O)COC(=O)c2cc(-c3ccc(-n4c(C)ccc4C)cc3)nc3ccc(C)cc23)cc1. The minimum absolute atomic E-state index is 0.241.